The number of carbonyl (C=O) groups excluding carboxylic acids is 3. The highest BCUT2D eigenvalue weighted by atomic mass is 79.9. The van der Waals surface area contributed by atoms with Crippen LogP contribution in [0.3, 0.4) is 0 Å². The summed E-state index contributed by atoms with van der Waals surface area (Å²) in [7, 11) is 1.24. The predicted molar refractivity (Wildman–Crippen MR) is 122 cm³/mol. The van der Waals surface area contributed by atoms with E-state index in [0.717, 1.165) is 16.6 Å². The molecule has 0 unspecified atom stereocenters. The average Bonchev–Trinajstić information content (AvgIpc) is 2.80. The topological polar surface area (TPSA) is 133 Å². The summed E-state index contributed by atoms with van der Waals surface area (Å²) in [4.78, 5) is 37.2. The maximum absolute atomic E-state index is 12.0. The van der Waals surface area contributed by atoms with E-state index in [2.05, 4.69) is 47.5 Å². The molecule has 10 nitrogen and oxygen atoms in total. The van der Waals surface area contributed by atoms with Crippen LogP contribution in [0.15, 0.2) is 39.9 Å². The molecule has 11 heteroatoms. The van der Waals surface area contributed by atoms with E-state index in [1.807, 2.05) is 6.92 Å². The van der Waals surface area contributed by atoms with Crippen LogP contribution >= 0.6 is 15.9 Å². The van der Waals surface area contributed by atoms with Gasteiger partial charge in [0.1, 0.15) is 5.71 Å². The lowest BCUT2D eigenvalue weighted by Gasteiger charge is -2.43. The molecule has 33 heavy (non-hydrogen) atoms. The summed E-state index contributed by atoms with van der Waals surface area (Å²) in [6, 6.07) is 7.14. The van der Waals surface area contributed by atoms with Crippen LogP contribution in [-0.2, 0) is 19.1 Å². The van der Waals surface area contributed by atoms with Crippen molar-refractivity contribution in [1.29, 1.82) is 5.26 Å². The van der Waals surface area contributed by atoms with Crippen LogP contribution in [0.2, 0.25) is 0 Å². The van der Waals surface area contributed by atoms with Gasteiger partial charge < -0.3 is 19.7 Å². The third kappa shape index (κ3) is 5.97. The van der Waals surface area contributed by atoms with E-state index < -0.39 is 17.7 Å². The van der Waals surface area contributed by atoms with Crippen molar-refractivity contribution in [3.63, 3.8) is 0 Å². The monoisotopic (exact) mass is 517 g/mol. The lowest BCUT2D eigenvalue weighted by Crippen LogP contribution is -2.57. The van der Waals surface area contributed by atoms with Gasteiger partial charge in [0.15, 0.2) is 5.60 Å². The fraction of sp³-hybridized carbons (Fsp3) is 0.409. The zero-order chi connectivity index (χ0) is 24.0. The van der Waals surface area contributed by atoms with Crippen molar-refractivity contribution in [2.45, 2.75) is 31.4 Å². The van der Waals surface area contributed by atoms with Gasteiger partial charge in [-0.3, -0.25) is 4.79 Å². The van der Waals surface area contributed by atoms with Crippen molar-refractivity contribution < 1.29 is 23.9 Å². The number of hydrazone groups is 1. The first-order valence-corrected chi connectivity index (χ1v) is 11.1. The van der Waals surface area contributed by atoms with Crippen LogP contribution in [0.5, 0.6) is 0 Å². The Labute approximate surface area is 199 Å². The first kappa shape index (κ1) is 24.4. The molecule has 1 fully saturated rings. The maximum Gasteiger partial charge on any atom is 0.428 e. The molecule has 0 radical (unpaired) electrons. The summed E-state index contributed by atoms with van der Waals surface area (Å²) in [5.41, 5.74) is 3.21. The fourth-order valence-electron chi connectivity index (χ4n) is 3.91. The Morgan fingerprint density at radius 2 is 2.15 bits per heavy atom. The van der Waals surface area contributed by atoms with Gasteiger partial charge >= 0.3 is 12.1 Å². The molecule has 3 rings (SSSR count). The Morgan fingerprint density at radius 1 is 1.42 bits per heavy atom. The molecule has 1 atom stereocenters. The zero-order valence-corrected chi connectivity index (χ0v) is 19.8. The molecule has 1 aromatic rings. The van der Waals surface area contributed by atoms with Crippen LogP contribution in [0, 0.1) is 11.3 Å². The summed E-state index contributed by atoms with van der Waals surface area (Å²) in [5, 5.41) is 16.4. The van der Waals surface area contributed by atoms with E-state index in [0.29, 0.717) is 49.3 Å². The van der Waals surface area contributed by atoms with Crippen molar-refractivity contribution >= 4 is 39.6 Å². The van der Waals surface area contributed by atoms with E-state index in [1.165, 1.54) is 7.11 Å². The molecular weight excluding hydrogens is 494 g/mol. The van der Waals surface area contributed by atoms with Gasteiger partial charge in [-0.25, -0.2) is 15.0 Å². The predicted octanol–water partition coefficient (Wildman–Crippen LogP) is 1.83. The minimum absolute atomic E-state index is 0.168. The summed E-state index contributed by atoms with van der Waals surface area (Å²) in [6.07, 6.45) is 2.60. The van der Waals surface area contributed by atoms with Crippen molar-refractivity contribution in [3.8, 4) is 6.07 Å². The molecule has 2 aliphatic rings. The molecule has 0 aromatic heterocycles. The average molecular weight is 518 g/mol. The van der Waals surface area contributed by atoms with Gasteiger partial charge in [0.05, 0.1) is 18.7 Å². The summed E-state index contributed by atoms with van der Waals surface area (Å²) < 4.78 is 11.0. The number of ether oxygens (including phenoxy) is 2. The number of nitriles is 1. The standard InChI is InChI=1S/C22H24BrN5O5/c1-14(25-18(29)5-6-19(30)32-2)13-28-9-7-22(8-10-28)20(26-27-21(31)33-22)16-11-15(12-24)3-4-17(16)23/h3-6,11,14H,7-10,13H2,1-2H3,(H,25,29)(H,27,31)/b6-5+/t14-/m0/s1. The van der Waals surface area contributed by atoms with Crippen molar-refractivity contribution in [2.24, 2.45) is 5.10 Å². The minimum atomic E-state index is -0.912. The van der Waals surface area contributed by atoms with Gasteiger partial charge in [-0.1, -0.05) is 15.9 Å². The number of halogens is 1. The number of rotatable bonds is 6. The molecule has 174 valence electrons. The van der Waals surface area contributed by atoms with Gasteiger partial charge in [0, 0.05) is 60.7 Å². The Morgan fingerprint density at radius 3 is 2.82 bits per heavy atom. The highest BCUT2D eigenvalue weighted by molar-refractivity contribution is 9.10. The van der Waals surface area contributed by atoms with Crippen LogP contribution in [0.4, 0.5) is 4.79 Å². The molecule has 2 amide bonds. The third-order valence-corrected chi connectivity index (χ3v) is 6.18. The molecule has 1 aromatic carbocycles. The van der Waals surface area contributed by atoms with Crippen LogP contribution < -0.4 is 10.7 Å². The lowest BCUT2D eigenvalue weighted by atomic mass is 9.82. The third-order valence-electron chi connectivity index (χ3n) is 5.49. The highest BCUT2D eigenvalue weighted by Crippen LogP contribution is 2.35. The molecule has 2 heterocycles. The first-order valence-electron chi connectivity index (χ1n) is 10.3. The first-order chi connectivity index (χ1) is 15.8. The second-order valence-corrected chi connectivity index (χ2v) is 8.68. The number of amides is 2. The molecule has 1 saturated heterocycles. The number of nitrogens with zero attached hydrogens (tertiary/aromatic N) is 3. The number of nitrogens with one attached hydrogen (secondary N) is 2. The van der Waals surface area contributed by atoms with Gasteiger partial charge in [-0.2, -0.15) is 10.4 Å². The molecule has 2 aliphatic heterocycles. The van der Waals surface area contributed by atoms with Gasteiger partial charge in [0.2, 0.25) is 5.91 Å². The number of methoxy groups -OCH3 is 1. The Balaban J connectivity index is 1.67. The highest BCUT2D eigenvalue weighted by Gasteiger charge is 2.46. The molecule has 0 saturated carbocycles. The van der Waals surface area contributed by atoms with E-state index in [4.69, 9.17) is 4.74 Å². The number of benzene rings is 1. The second kappa shape index (κ2) is 10.6. The Hall–Kier alpha value is -3.23. The molecular formula is C22H24BrN5O5. The van der Waals surface area contributed by atoms with E-state index in [9.17, 15) is 19.6 Å². The van der Waals surface area contributed by atoms with E-state index in [1.54, 1.807) is 18.2 Å². The van der Waals surface area contributed by atoms with Gasteiger partial charge in [-0.15, -0.1) is 0 Å². The summed E-state index contributed by atoms with van der Waals surface area (Å²) >= 11 is 3.51. The fourth-order valence-corrected chi connectivity index (χ4v) is 4.34. The van der Waals surface area contributed by atoms with Crippen molar-refractivity contribution in [1.82, 2.24) is 15.6 Å². The number of piperidine rings is 1. The molecule has 2 N–H and O–H groups in total. The van der Waals surface area contributed by atoms with E-state index in [-0.39, 0.29) is 11.9 Å². The number of hydrogen-bond acceptors (Lipinski definition) is 8. The van der Waals surface area contributed by atoms with E-state index >= 15 is 0 Å². The number of esters is 1. The second-order valence-electron chi connectivity index (χ2n) is 7.83. The quantitative estimate of drug-likeness (QED) is 0.434. The van der Waals surface area contributed by atoms with Gasteiger partial charge in [0.25, 0.3) is 0 Å². The van der Waals surface area contributed by atoms with Crippen LogP contribution in [0.1, 0.15) is 30.9 Å². The molecule has 0 aliphatic carbocycles. The maximum atomic E-state index is 12.0. The minimum Gasteiger partial charge on any atom is -0.466 e. The normalized spacial score (nSPS) is 18.6. The number of likely N-dealkylation sites (tertiary alicyclic amines) is 1. The Bertz CT molecular complexity index is 1040. The number of hydrogen-bond donors (Lipinski definition) is 2. The molecule has 1 spiro atoms. The van der Waals surface area contributed by atoms with Crippen LogP contribution in [0.25, 0.3) is 0 Å². The summed E-state index contributed by atoms with van der Waals surface area (Å²) in [5.74, 6) is -0.981. The van der Waals surface area contributed by atoms with Crippen molar-refractivity contribution in [2.75, 3.05) is 26.7 Å². The Kier molecular flexibility index (Phi) is 7.84. The largest absolute Gasteiger partial charge is 0.466 e. The summed E-state index contributed by atoms with van der Waals surface area (Å²) in [6.45, 7) is 3.68. The smallest absolute Gasteiger partial charge is 0.428 e. The van der Waals surface area contributed by atoms with Crippen LogP contribution in [-0.4, -0.2) is 67.0 Å². The zero-order valence-electron chi connectivity index (χ0n) is 18.3. The lowest BCUT2D eigenvalue weighted by molar-refractivity contribution is -0.135. The molecule has 0 bridgehead atoms. The SMILES string of the molecule is COC(=O)/C=C/C(=O)N[C@@H](C)CN1CCC2(CC1)OC(=O)NN=C2c1cc(C#N)ccc1Br. The van der Waals surface area contributed by atoms with Crippen molar-refractivity contribution in [3.05, 3.63) is 46.0 Å². The van der Waals surface area contributed by atoms with Gasteiger partial charge in [-0.05, 0) is 25.1 Å². The number of carbonyl (C=O) groups is 3.